The van der Waals surface area contributed by atoms with Crippen molar-refractivity contribution in [3.63, 3.8) is 0 Å². The molecule has 3 saturated heterocycles. The van der Waals surface area contributed by atoms with Gasteiger partial charge < -0.3 is 24.5 Å². The summed E-state index contributed by atoms with van der Waals surface area (Å²) in [4.78, 5) is 49.4. The molecular formula is C37H46ClN3O5. The molecule has 2 aromatic rings. The van der Waals surface area contributed by atoms with E-state index in [1.54, 1.807) is 51.1 Å². The van der Waals surface area contributed by atoms with E-state index in [0.717, 1.165) is 5.56 Å². The number of carbonyl (C=O) groups is 3. The molecule has 1 spiro atoms. The molecule has 2 bridgehead atoms. The van der Waals surface area contributed by atoms with Crippen LogP contribution in [0.3, 0.4) is 0 Å². The second-order valence-electron chi connectivity index (χ2n) is 13.3. The van der Waals surface area contributed by atoms with Crippen LogP contribution in [0, 0.1) is 17.8 Å². The average Bonchev–Trinajstić information content (AvgIpc) is 3.66. The van der Waals surface area contributed by atoms with E-state index in [2.05, 4.69) is 13.2 Å². The Labute approximate surface area is 277 Å². The molecular weight excluding hydrogens is 602 g/mol. The predicted octanol–water partition coefficient (Wildman–Crippen LogP) is 5.64. The monoisotopic (exact) mass is 647 g/mol. The van der Waals surface area contributed by atoms with Gasteiger partial charge in [-0.15, -0.1) is 13.2 Å². The fourth-order valence-electron chi connectivity index (χ4n) is 8.13. The fraction of sp³-hybridized carbons (Fsp3) is 0.486. The number of halogens is 1. The molecule has 1 N–H and O–H groups in total. The number of fused-ring (bicyclic) bond motifs is 1. The number of benzene rings is 2. The molecule has 46 heavy (non-hydrogen) atoms. The second-order valence-corrected chi connectivity index (χ2v) is 13.7. The first-order valence-electron chi connectivity index (χ1n) is 16.3. The maximum absolute atomic E-state index is 14.9. The number of carbonyl (C=O) groups excluding carboxylic acids is 3. The van der Waals surface area contributed by atoms with Gasteiger partial charge in [-0.2, -0.15) is 0 Å². The summed E-state index contributed by atoms with van der Waals surface area (Å²) in [5.74, 6) is -2.33. The van der Waals surface area contributed by atoms with Gasteiger partial charge >= 0.3 is 0 Å². The van der Waals surface area contributed by atoms with Gasteiger partial charge in [0.25, 0.3) is 5.91 Å². The number of anilines is 1. The normalized spacial score (nSPS) is 27.0. The maximum atomic E-state index is 14.9. The zero-order chi connectivity index (χ0) is 33.2. The number of amides is 3. The van der Waals surface area contributed by atoms with Gasteiger partial charge in [-0.3, -0.25) is 14.4 Å². The quantitative estimate of drug-likeness (QED) is 0.268. The van der Waals surface area contributed by atoms with Crippen LogP contribution >= 0.6 is 11.6 Å². The van der Waals surface area contributed by atoms with Crippen LogP contribution in [0.4, 0.5) is 5.69 Å². The van der Waals surface area contributed by atoms with Crippen LogP contribution in [0.25, 0.3) is 0 Å². The highest BCUT2D eigenvalue weighted by molar-refractivity contribution is 6.30. The molecule has 6 atom stereocenters. The Balaban J connectivity index is 1.63. The molecule has 9 heteroatoms. The Morgan fingerprint density at radius 3 is 2.33 bits per heavy atom. The Bertz CT molecular complexity index is 1450. The molecule has 2 aromatic carbocycles. The summed E-state index contributed by atoms with van der Waals surface area (Å²) in [6.07, 6.45) is 5.35. The largest absolute Gasteiger partial charge is 0.394 e. The van der Waals surface area contributed by atoms with Crippen molar-refractivity contribution in [3.8, 4) is 0 Å². The van der Waals surface area contributed by atoms with Crippen molar-refractivity contribution in [2.24, 2.45) is 17.8 Å². The van der Waals surface area contributed by atoms with Crippen LogP contribution in [0.15, 0.2) is 79.9 Å². The SMILES string of the molecule is C=CCN(Cc1ccccc1)C(=O)[C@@H]1[C@H]2C(=O)N([C@@H](CO)CC(C)C)C(C(=O)N(CC=C)c3ccc(Cl)cc3)C23CC[C@@]1(CC)O3. The molecule has 0 radical (unpaired) electrons. The lowest BCUT2D eigenvalue weighted by Gasteiger charge is -2.40. The third-order valence-corrected chi connectivity index (χ3v) is 10.3. The van der Waals surface area contributed by atoms with Crippen molar-refractivity contribution in [2.45, 2.75) is 76.3 Å². The van der Waals surface area contributed by atoms with E-state index in [4.69, 9.17) is 16.3 Å². The van der Waals surface area contributed by atoms with E-state index in [-0.39, 0.29) is 36.8 Å². The highest BCUT2D eigenvalue weighted by Gasteiger charge is 2.79. The Hall–Kier alpha value is -3.46. The van der Waals surface area contributed by atoms with Gasteiger partial charge in [-0.25, -0.2) is 0 Å². The number of likely N-dealkylation sites (tertiary alicyclic amines) is 1. The number of rotatable bonds is 14. The van der Waals surface area contributed by atoms with Crippen molar-refractivity contribution >= 4 is 35.0 Å². The van der Waals surface area contributed by atoms with Gasteiger partial charge in [-0.1, -0.05) is 74.9 Å². The van der Waals surface area contributed by atoms with Crippen molar-refractivity contribution in [1.29, 1.82) is 0 Å². The van der Waals surface area contributed by atoms with Crippen LogP contribution in [0.2, 0.25) is 5.02 Å². The summed E-state index contributed by atoms with van der Waals surface area (Å²) in [6.45, 7) is 14.4. The minimum atomic E-state index is -1.23. The van der Waals surface area contributed by atoms with Crippen molar-refractivity contribution in [3.05, 3.63) is 90.5 Å². The summed E-state index contributed by atoms with van der Waals surface area (Å²) in [5.41, 5.74) is -0.548. The lowest BCUT2D eigenvalue weighted by atomic mass is 9.64. The molecule has 3 amide bonds. The minimum Gasteiger partial charge on any atom is -0.394 e. The maximum Gasteiger partial charge on any atom is 0.253 e. The topological polar surface area (TPSA) is 90.4 Å². The summed E-state index contributed by atoms with van der Waals surface area (Å²) in [5, 5.41) is 11.2. The van der Waals surface area contributed by atoms with Gasteiger partial charge in [0.15, 0.2) is 0 Å². The second kappa shape index (κ2) is 13.7. The molecule has 5 rings (SSSR count). The van der Waals surface area contributed by atoms with Crippen molar-refractivity contribution in [1.82, 2.24) is 9.80 Å². The molecule has 246 valence electrons. The molecule has 8 nitrogen and oxygen atoms in total. The first kappa shape index (κ1) is 33.9. The fourth-order valence-corrected chi connectivity index (χ4v) is 8.26. The predicted molar refractivity (Wildman–Crippen MR) is 180 cm³/mol. The van der Waals surface area contributed by atoms with Crippen LogP contribution in [0.5, 0.6) is 0 Å². The third kappa shape index (κ3) is 5.80. The van der Waals surface area contributed by atoms with Crippen molar-refractivity contribution < 1.29 is 24.2 Å². The zero-order valence-corrected chi connectivity index (χ0v) is 27.9. The number of ether oxygens (including phenoxy) is 1. The molecule has 0 aliphatic carbocycles. The Morgan fingerprint density at radius 1 is 1.07 bits per heavy atom. The standard InChI is InChI=1S/C37H46ClN3O5/c1-6-20-39(23-26-12-10-9-11-13-26)33(43)30-31-34(44)41(29(24-42)22-25(4)5)32(37(31)19-18-36(30,8-3)46-37)35(45)40(21-7-2)28-16-14-27(38)15-17-28/h6-7,9-17,25,29-32,42H,1-2,8,18-24H2,3-5H3/t29-,30+,31+,32?,36-,37?/m1/s1. The number of nitrogens with zero attached hydrogens (tertiary/aromatic N) is 3. The van der Waals surface area contributed by atoms with Crippen LogP contribution in [-0.4, -0.2) is 75.6 Å². The van der Waals surface area contributed by atoms with E-state index in [1.807, 2.05) is 51.1 Å². The van der Waals surface area contributed by atoms with Gasteiger partial charge in [0, 0.05) is 30.3 Å². The Morgan fingerprint density at radius 2 is 1.74 bits per heavy atom. The number of aliphatic hydroxyl groups excluding tert-OH is 1. The molecule has 2 unspecified atom stereocenters. The number of hydrogen-bond donors (Lipinski definition) is 1. The van der Waals surface area contributed by atoms with Crippen LogP contribution in [-0.2, 0) is 25.7 Å². The van der Waals surface area contributed by atoms with E-state index in [0.29, 0.717) is 49.5 Å². The summed E-state index contributed by atoms with van der Waals surface area (Å²) >= 11 is 6.18. The lowest BCUT2D eigenvalue weighted by molar-refractivity contribution is -0.154. The van der Waals surface area contributed by atoms with Crippen LogP contribution in [0.1, 0.15) is 52.0 Å². The summed E-state index contributed by atoms with van der Waals surface area (Å²) in [6, 6.07) is 15.0. The third-order valence-electron chi connectivity index (χ3n) is 10.1. The molecule has 0 aromatic heterocycles. The Kier molecular flexibility index (Phi) is 10.1. The molecule has 3 heterocycles. The number of hydrogen-bond acceptors (Lipinski definition) is 5. The number of aliphatic hydroxyl groups is 1. The highest BCUT2D eigenvalue weighted by Crippen LogP contribution is 2.65. The van der Waals surface area contributed by atoms with Crippen molar-refractivity contribution in [2.75, 3.05) is 24.6 Å². The zero-order valence-electron chi connectivity index (χ0n) is 27.1. The average molecular weight is 648 g/mol. The lowest BCUT2D eigenvalue weighted by Crippen LogP contribution is -2.59. The van der Waals surface area contributed by atoms with E-state index in [9.17, 15) is 19.5 Å². The van der Waals surface area contributed by atoms with Gasteiger partial charge in [-0.05, 0) is 61.4 Å². The summed E-state index contributed by atoms with van der Waals surface area (Å²) < 4.78 is 7.04. The van der Waals surface area contributed by atoms with E-state index < -0.39 is 35.1 Å². The van der Waals surface area contributed by atoms with Crippen LogP contribution < -0.4 is 4.90 Å². The molecule has 3 fully saturated rings. The molecule has 3 aliphatic heterocycles. The van der Waals surface area contributed by atoms with Gasteiger partial charge in [0.2, 0.25) is 11.8 Å². The minimum absolute atomic E-state index is 0.143. The van der Waals surface area contributed by atoms with E-state index in [1.165, 1.54) is 0 Å². The molecule has 0 saturated carbocycles. The first-order valence-corrected chi connectivity index (χ1v) is 16.7. The van der Waals surface area contributed by atoms with Gasteiger partial charge in [0.05, 0.1) is 30.1 Å². The first-order chi connectivity index (χ1) is 22.1. The van der Waals surface area contributed by atoms with E-state index >= 15 is 0 Å². The molecule has 3 aliphatic rings. The summed E-state index contributed by atoms with van der Waals surface area (Å²) in [7, 11) is 0. The highest BCUT2D eigenvalue weighted by atomic mass is 35.5. The smallest absolute Gasteiger partial charge is 0.253 e. The van der Waals surface area contributed by atoms with Gasteiger partial charge in [0.1, 0.15) is 11.6 Å².